The molecule has 0 bridgehead atoms. The predicted octanol–water partition coefficient (Wildman–Crippen LogP) is -0.177. The quantitative estimate of drug-likeness (QED) is 0.519. The minimum atomic E-state index is -0.589. The zero-order chi connectivity index (χ0) is 21.3. The molecule has 0 saturated carbocycles. The van der Waals surface area contributed by atoms with Crippen LogP contribution >= 0.6 is 0 Å². The monoisotopic (exact) mass is 417 g/mol. The number of hydrogen-bond donors (Lipinski definition) is 0. The molecule has 3 heterocycles. The Morgan fingerprint density at radius 2 is 1.73 bits per heavy atom. The predicted molar refractivity (Wildman–Crippen MR) is 110 cm³/mol. The van der Waals surface area contributed by atoms with Gasteiger partial charge in [-0.05, 0) is 31.0 Å². The van der Waals surface area contributed by atoms with E-state index in [1.54, 1.807) is 17.3 Å². The van der Waals surface area contributed by atoms with Gasteiger partial charge in [0, 0.05) is 64.8 Å². The molecule has 2 aliphatic heterocycles. The van der Waals surface area contributed by atoms with E-state index in [1.807, 2.05) is 19.1 Å². The summed E-state index contributed by atoms with van der Waals surface area (Å²) in [7, 11) is 0. The van der Waals surface area contributed by atoms with Crippen molar-refractivity contribution in [2.75, 3.05) is 65.6 Å². The van der Waals surface area contributed by atoms with Gasteiger partial charge < -0.3 is 19.4 Å². The number of nitrogens with zero attached hydrogens (tertiary/aromatic N) is 5. The SMILES string of the molecule is CCN1CCN(CC(=O)N(CCCN2CCOCC2)Cc2ccncc2)C(=O)C1=O. The fraction of sp³-hybridized carbons (Fsp3) is 0.619. The Hall–Kier alpha value is -2.52. The molecule has 3 amide bonds. The Labute approximate surface area is 177 Å². The third-order valence-corrected chi connectivity index (χ3v) is 5.59. The van der Waals surface area contributed by atoms with Crippen LogP contribution < -0.4 is 0 Å². The highest BCUT2D eigenvalue weighted by molar-refractivity contribution is 6.35. The standard InChI is InChI=1S/C21H31N5O4/c1-2-24-10-11-26(21(29)20(24)28)17-19(27)25(16-18-4-6-22-7-5-18)9-3-8-23-12-14-30-15-13-23/h4-7H,2-3,8-17H2,1H3. The summed E-state index contributed by atoms with van der Waals surface area (Å²) >= 11 is 0. The zero-order valence-electron chi connectivity index (χ0n) is 17.7. The maximum absolute atomic E-state index is 13.1. The molecule has 9 nitrogen and oxygen atoms in total. The molecule has 0 aliphatic carbocycles. The summed E-state index contributed by atoms with van der Waals surface area (Å²) in [6.45, 7) is 8.42. The second-order valence-corrected chi connectivity index (χ2v) is 7.59. The smallest absolute Gasteiger partial charge is 0.312 e. The molecule has 0 spiro atoms. The average Bonchev–Trinajstić information content (AvgIpc) is 2.78. The van der Waals surface area contributed by atoms with Crippen molar-refractivity contribution in [2.45, 2.75) is 19.9 Å². The average molecular weight is 418 g/mol. The fourth-order valence-corrected chi connectivity index (χ4v) is 3.74. The van der Waals surface area contributed by atoms with Gasteiger partial charge in [0.05, 0.1) is 13.2 Å². The highest BCUT2D eigenvalue weighted by Crippen LogP contribution is 2.10. The van der Waals surface area contributed by atoms with E-state index in [0.717, 1.165) is 44.8 Å². The van der Waals surface area contributed by atoms with E-state index in [-0.39, 0.29) is 12.5 Å². The van der Waals surface area contributed by atoms with Crippen LogP contribution in [0.2, 0.25) is 0 Å². The molecular weight excluding hydrogens is 386 g/mol. The van der Waals surface area contributed by atoms with Crippen LogP contribution in [0.4, 0.5) is 0 Å². The number of ether oxygens (including phenoxy) is 1. The molecule has 0 aromatic carbocycles. The Balaban J connectivity index is 1.59. The van der Waals surface area contributed by atoms with Gasteiger partial charge in [0.2, 0.25) is 5.91 Å². The molecule has 0 unspecified atom stereocenters. The summed E-state index contributed by atoms with van der Waals surface area (Å²) in [5.41, 5.74) is 0.989. The van der Waals surface area contributed by atoms with E-state index >= 15 is 0 Å². The molecule has 2 aliphatic rings. The number of rotatable bonds is 9. The van der Waals surface area contributed by atoms with Gasteiger partial charge in [0.25, 0.3) is 0 Å². The van der Waals surface area contributed by atoms with Crippen molar-refractivity contribution in [3.63, 3.8) is 0 Å². The first-order valence-electron chi connectivity index (χ1n) is 10.6. The maximum atomic E-state index is 13.1. The van der Waals surface area contributed by atoms with Gasteiger partial charge in [-0.1, -0.05) is 0 Å². The first kappa shape index (κ1) is 22.2. The van der Waals surface area contributed by atoms with Gasteiger partial charge >= 0.3 is 11.8 Å². The number of carbonyl (C=O) groups is 3. The van der Waals surface area contributed by atoms with Crippen LogP contribution in [0.5, 0.6) is 0 Å². The molecule has 2 fully saturated rings. The molecule has 0 N–H and O–H groups in total. The lowest BCUT2D eigenvalue weighted by atomic mass is 10.2. The molecule has 0 atom stereocenters. The third kappa shape index (κ3) is 5.99. The summed E-state index contributed by atoms with van der Waals surface area (Å²) in [6, 6.07) is 3.77. The number of carbonyl (C=O) groups excluding carboxylic acids is 3. The van der Waals surface area contributed by atoms with Gasteiger partial charge in [-0.15, -0.1) is 0 Å². The van der Waals surface area contributed by atoms with Crippen LogP contribution in [0, 0.1) is 0 Å². The summed E-state index contributed by atoms with van der Waals surface area (Å²) in [6.07, 6.45) is 4.25. The Morgan fingerprint density at radius 3 is 2.43 bits per heavy atom. The van der Waals surface area contributed by atoms with Crippen LogP contribution in [0.1, 0.15) is 18.9 Å². The zero-order valence-corrected chi connectivity index (χ0v) is 17.7. The molecular formula is C21H31N5O4. The van der Waals surface area contributed by atoms with Crippen LogP contribution in [0.25, 0.3) is 0 Å². The lowest BCUT2D eigenvalue weighted by molar-refractivity contribution is -0.157. The highest BCUT2D eigenvalue weighted by atomic mass is 16.5. The minimum absolute atomic E-state index is 0.0647. The normalized spacial score (nSPS) is 18.0. The fourth-order valence-electron chi connectivity index (χ4n) is 3.74. The second-order valence-electron chi connectivity index (χ2n) is 7.59. The van der Waals surface area contributed by atoms with E-state index in [2.05, 4.69) is 9.88 Å². The molecule has 30 heavy (non-hydrogen) atoms. The first-order chi connectivity index (χ1) is 14.6. The van der Waals surface area contributed by atoms with Gasteiger partial charge in [-0.25, -0.2) is 0 Å². The van der Waals surface area contributed by atoms with E-state index in [9.17, 15) is 14.4 Å². The van der Waals surface area contributed by atoms with Crippen LogP contribution in [0.3, 0.4) is 0 Å². The summed E-state index contributed by atoms with van der Waals surface area (Å²) in [5, 5.41) is 0. The first-order valence-corrected chi connectivity index (χ1v) is 10.6. The third-order valence-electron chi connectivity index (χ3n) is 5.59. The number of hydrogen-bond acceptors (Lipinski definition) is 6. The number of amides is 3. The Kier molecular flexibility index (Phi) is 8.15. The molecule has 1 aromatic rings. The molecule has 1 aromatic heterocycles. The molecule has 3 rings (SSSR count). The number of piperazine rings is 1. The molecule has 2 saturated heterocycles. The lowest BCUT2D eigenvalue weighted by Gasteiger charge is -2.34. The lowest BCUT2D eigenvalue weighted by Crippen LogP contribution is -2.56. The number of likely N-dealkylation sites (N-methyl/N-ethyl adjacent to an activating group) is 1. The van der Waals surface area contributed by atoms with Gasteiger partial charge in [-0.3, -0.25) is 24.3 Å². The maximum Gasteiger partial charge on any atom is 0.312 e. The van der Waals surface area contributed by atoms with Crippen molar-refractivity contribution < 1.29 is 19.1 Å². The van der Waals surface area contributed by atoms with E-state index < -0.39 is 11.8 Å². The van der Waals surface area contributed by atoms with E-state index in [1.165, 1.54) is 9.80 Å². The Morgan fingerprint density at radius 1 is 1.07 bits per heavy atom. The summed E-state index contributed by atoms with van der Waals surface area (Å²) < 4.78 is 5.38. The second kappa shape index (κ2) is 11.0. The number of morpholine rings is 1. The van der Waals surface area contributed by atoms with Crippen molar-refractivity contribution in [2.24, 2.45) is 0 Å². The van der Waals surface area contributed by atoms with Crippen molar-refractivity contribution in [3.05, 3.63) is 30.1 Å². The Bertz CT molecular complexity index is 723. The highest BCUT2D eigenvalue weighted by Gasteiger charge is 2.33. The van der Waals surface area contributed by atoms with Crippen molar-refractivity contribution in [3.8, 4) is 0 Å². The van der Waals surface area contributed by atoms with Crippen LogP contribution in [0.15, 0.2) is 24.5 Å². The summed E-state index contributed by atoms with van der Waals surface area (Å²) in [5.74, 6) is -1.25. The molecule has 164 valence electrons. The molecule has 9 heteroatoms. The van der Waals surface area contributed by atoms with Crippen LogP contribution in [-0.4, -0.2) is 108 Å². The van der Waals surface area contributed by atoms with Gasteiger partial charge in [-0.2, -0.15) is 0 Å². The van der Waals surface area contributed by atoms with Gasteiger partial charge in [0.1, 0.15) is 6.54 Å². The van der Waals surface area contributed by atoms with Crippen molar-refractivity contribution in [1.82, 2.24) is 24.6 Å². The topological polar surface area (TPSA) is 86.3 Å². The number of pyridine rings is 1. The number of aromatic nitrogens is 1. The largest absolute Gasteiger partial charge is 0.379 e. The summed E-state index contributed by atoms with van der Waals surface area (Å²) in [4.78, 5) is 48.6. The van der Waals surface area contributed by atoms with Gasteiger partial charge in [0.15, 0.2) is 0 Å². The molecule has 0 radical (unpaired) electrons. The van der Waals surface area contributed by atoms with E-state index in [0.29, 0.717) is 32.7 Å². The minimum Gasteiger partial charge on any atom is -0.379 e. The van der Waals surface area contributed by atoms with E-state index in [4.69, 9.17) is 4.74 Å². The van der Waals surface area contributed by atoms with Crippen LogP contribution in [-0.2, 0) is 25.7 Å². The van der Waals surface area contributed by atoms with Crippen molar-refractivity contribution >= 4 is 17.7 Å². The van der Waals surface area contributed by atoms with Crippen molar-refractivity contribution in [1.29, 1.82) is 0 Å².